The van der Waals surface area contributed by atoms with E-state index in [1.54, 1.807) is 0 Å². The van der Waals surface area contributed by atoms with Crippen LogP contribution in [0.5, 0.6) is 0 Å². The summed E-state index contributed by atoms with van der Waals surface area (Å²) in [5, 5.41) is 17.6. The summed E-state index contributed by atoms with van der Waals surface area (Å²) in [5.74, 6) is -1.22. The Labute approximate surface area is 81.5 Å². The zero-order chi connectivity index (χ0) is 11.8. The molecule has 8 nitrogen and oxygen atoms in total. The molecule has 2 N–H and O–H groups in total. The number of hydrogen-bond acceptors (Lipinski definition) is 5. The van der Waals surface area contributed by atoms with E-state index in [4.69, 9.17) is 0 Å². The van der Waals surface area contributed by atoms with E-state index in [2.05, 4.69) is 10.2 Å². The molecule has 0 spiro atoms. The van der Waals surface area contributed by atoms with Crippen molar-refractivity contribution in [1.82, 2.24) is 9.78 Å². The Kier molecular flexibility index (Phi) is 2.68. The molecule has 0 fully saturated rings. The fourth-order valence-electron chi connectivity index (χ4n) is 0.793. The van der Waals surface area contributed by atoms with Crippen LogP contribution in [0, 0.1) is 10.1 Å². The number of nitrogens with zero attached hydrogens (tertiary/aromatic N) is 3. The lowest BCUT2D eigenvalue weighted by Gasteiger charge is -1.91. The highest BCUT2D eigenvalue weighted by molar-refractivity contribution is 7.89. The largest absolute Gasteiger partial charge is 0.410 e. The molecule has 0 saturated heterocycles. The van der Waals surface area contributed by atoms with Crippen LogP contribution in [0.2, 0.25) is 0 Å². The van der Waals surface area contributed by atoms with Gasteiger partial charge in [-0.2, -0.15) is 8.78 Å². The van der Waals surface area contributed by atoms with E-state index in [0.29, 0.717) is 6.20 Å². The summed E-state index contributed by atoms with van der Waals surface area (Å²) in [7, 11) is -4.45. The highest BCUT2D eigenvalue weighted by atomic mass is 32.2. The average molecular weight is 242 g/mol. The third kappa shape index (κ3) is 2.24. The van der Waals surface area contributed by atoms with Crippen LogP contribution in [0.1, 0.15) is 6.55 Å². The first-order valence-corrected chi connectivity index (χ1v) is 4.82. The quantitative estimate of drug-likeness (QED) is 0.582. The summed E-state index contributed by atoms with van der Waals surface area (Å²) in [6.07, 6.45) is 0.304. The van der Waals surface area contributed by atoms with Crippen molar-refractivity contribution in [3.63, 3.8) is 0 Å². The van der Waals surface area contributed by atoms with Crippen LogP contribution in [0.15, 0.2) is 11.1 Å². The van der Waals surface area contributed by atoms with E-state index in [9.17, 15) is 27.3 Å². The lowest BCUT2D eigenvalue weighted by molar-refractivity contribution is -0.392. The van der Waals surface area contributed by atoms with E-state index in [0.717, 1.165) is 0 Å². The Morgan fingerprint density at radius 2 is 2.13 bits per heavy atom. The van der Waals surface area contributed by atoms with Gasteiger partial charge in [-0.1, -0.05) is 0 Å². The lowest BCUT2D eigenvalue weighted by Crippen LogP contribution is -2.13. The van der Waals surface area contributed by atoms with Gasteiger partial charge < -0.3 is 10.1 Å². The third-order valence-electron chi connectivity index (χ3n) is 1.36. The topological polar surface area (TPSA) is 121 Å². The second kappa shape index (κ2) is 3.51. The molecule has 1 rings (SSSR count). The van der Waals surface area contributed by atoms with Crippen LogP contribution in [0.4, 0.5) is 14.6 Å². The molecule has 0 unspecified atom stereocenters. The molecule has 0 aliphatic rings. The smallest absolute Gasteiger partial charge is 0.358 e. The van der Waals surface area contributed by atoms with Gasteiger partial charge in [0.1, 0.15) is 0 Å². The highest BCUT2D eigenvalue weighted by Crippen LogP contribution is 2.22. The van der Waals surface area contributed by atoms with Crippen LogP contribution in [-0.2, 0) is 10.0 Å². The van der Waals surface area contributed by atoms with Crippen molar-refractivity contribution in [2.75, 3.05) is 0 Å². The van der Waals surface area contributed by atoms with Crippen molar-refractivity contribution in [2.45, 2.75) is 11.4 Å². The van der Waals surface area contributed by atoms with Crippen molar-refractivity contribution >= 4 is 15.8 Å². The van der Waals surface area contributed by atoms with Crippen LogP contribution in [-0.4, -0.2) is 23.1 Å². The van der Waals surface area contributed by atoms with Crippen molar-refractivity contribution in [1.29, 1.82) is 0 Å². The highest BCUT2D eigenvalue weighted by Gasteiger charge is 2.31. The van der Waals surface area contributed by atoms with E-state index < -0.39 is 32.2 Å². The van der Waals surface area contributed by atoms with Gasteiger partial charge in [0.05, 0.1) is 11.3 Å². The third-order valence-corrected chi connectivity index (χ3v) is 2.26. The standard InChI is InChI=1S/C4H4F2N4O4S/c5-4(6)9-1-2(15(7,13)14)3(8-9)10(11)12/h1,4H,(H2,7,13,14). The van der Waals surface area contributed by atoms with Gasteiger partial charge in [-0.25, -0.2) is 13.6 Å². The Morgan fingerprint density at radius 1 is 1.60 bits per heavy atom. The first-order valence-electron chi connectivity index (χ1n) is 3.28. The predicted octanol–water partition coefficient (Wildman–Crippen LogP) is -0.166. The monoisotopic (exact) mass is 242 g/mol. The fourth-order valence-corrected chi connectivity index (χ4v) is 1.42. The number of sulfonamides is 1. The average Bonchev–Trinajstić information content (AvgIpc) is 2.45. The van der Waals surface area contributed by atoms with E-state index in [1.807, 2.05) is 0 Å². The molecule has 0 amide bonds. The minimum Gasteiger partial charge on any atom is -0.358 e. The summed E-state index contributed by atoms with van der Waals surface area (Å²) in [6.45, 7) is -3.18. The Morgan fingerprint density at radius 3 is 2.40 bits per heavy atom. The van der Waals surface area contributed by atoms with Crippen LogP contribution in [0.25, 0.3) is 0 Å². The number of rotatable bonds is 3. The molecule has 1 aromatic heterocycles. The first kappa shape index (κ1) is 11.5. The lowest BCUT2D eigenvalue weighted by atomic mass is 10.6. The van der Waals surface area contributed by atoms with Crippen LogP contribution < -0.4 is 5.14 Å². The SMILES string of the molecule is NS(=O)(=O)c1cn(C(F)F)nc1[N+](=O)[O-]. The Hall–Kier alpha value is -1.62. The minimum atomic E-state index is -4.45. The number of nitrogens with two attached hydrogens (primary N) is 1. The molecule has 0 radical (unpaired) electrons. The minimum absolute atomic E-state index is 0.155. The molecule has 0 aliphatic heterocycles. The molecule has 11 heteroatoms. The number of hydrogen-bond donors (Lipinski definition) is 1. The zero-order valence-electron chi connectivity index (χ0n) is 6.87. The Balaban J connectivity index is 3.44. The Bertz CT molecular complexity index is 495. The molecule has 0 aromatic carbocycles. The second-order valence-corrected chi connectivity index (χ2v) is 3.91. The van der Waals surface area contributed by atoms with Gasteiger partial charge in [-0.05, 0) is 4.92 Å². The van der Waals surface area contributed by atoms with E-state index >= 15 is 0 Å². The van der Waals surface area contributed by atoms with Crippen molar-refractivity contribution < 1.29 is 22.1 Å². The number of nitro groups is 1. The molecule has 1 heterocycles. The molecule has 84 valence electrons. The zero-order valence-corrected chi connectivity index (χ0v) is 7.69. The van der Waals surface area contributed by atoms with Crippen molar-refractivity contribution in [3.05, 3.63) is 16.3 Å². The first-order chi connectivity index (χ1) is 6.73. The maximum atomic E-state index is 12.1. The summed E-state index contributed by atoms with van der Waals surface area (Å²) >= 11 is 0. The number of halogens is 2. The van der Waals surface area contributed by atoms with Crippen molar-refractivity contribution in [2.24, 2.45) is 5.14 Å². The number of aromatic nitrogens is 2. The van der Waals surface area contributed by atoms with Gasteiger partial charge in [-0.3, -0.25) is 0 Å². The second-order valence-electron chi connectivity index (χ2n) is 2.38. The summed E-state index contributed by atoms with van der Waals surface area (Å²) in [6, 6.07) is 0. The van der Waals surface area contributed by atoms with E-state index in [1.165, 1.54) is 0 Å². The van der Waals surface area contributed by atoms with Crippen LogP contribution >= 0.6 is 0 Å². The molecular formula is C4H4F2N4O4S. The van der Waals surface area contributed by atoms with E-state index in [-0.39, 0.29) is 4.68 Å². The maximum absolute atomic E-state index is 12.1. The molecule has 0 aliphatic carbocycles. The molecule has 0 atom stereocenters. The summed E-state index contributed by atoms with van der Waals surface area (Å²) < 4.78 is 45.5. The van der Waals surface area contributed by atoms with Gasteiger partial charge in [-0.15, -0.1) is 4.68 Å². The normalized spacial score (nSPS) is 12.0. The molecule has 0 saturated carbocycles. The predicted molar refractivity (Wildman–Crippen MR) is 41.5 cm³/mol. The maximum Gasteiger partial charge on any atom is 0.410 e. The molecule has 1 aromatic rings. The molecule has 15 heavy (non-hydrogen) atoms. The van der Waals surface area contributed by atoms with Gasteiger partial charge in [0.25, 0.3) is 0 Å². The molecule has 0 bridgehead atoms. The summed E-state index contributed by atoms with van der Waals surface area (Å²) in [5.41, 5.74) is 0. The van der Waals surface area contributed by atoms with Crippen LogP contribution in [0.3, 0.4) is 0 Å². The molecular weight excluding hydrogens is 238 g/mol. The van der Waals surface area contributed by atoms with Gasteiger partial charge in [0.15, 0.2) is 0 Å². The fraction of sp³-hybridized carbons (Fsp3) is 0.250. The number of primary sulfonamides is 1. The summed E-state index contributed by atoms with van der Waals surface area (Å²) in [4.78, 5) is 8.01. The number of alkyl halides is 2. The van der Waals surface area contributed by atoms with Gasteiger partial charge in [0.2, 0.25) is 14.9 Å². The van der Waals surface area contributed by atoms with Crippen molar-refractivity contribution in [3.8, 4) is 0 Å². The van der Waals surface area contributed by atoms with Gasteiger partial charge in [0, 0.05) is 0 Å². The van der Waals surface area contributed by atoms with Gasteiger partial charge >= 0.3 is 12.4 Å².